The summed E-state index contributed by atoms with van der Waals surface area (Å²) in [4.78, 5) is 0. The molecule has 176 valence electrons. The Morgan fingerprint density at radius 2 is 1.47 bits per heavy atom. The molecule has 0 atom stereocenters. The standard InChI is InChI=1S/C32H48/c1-3-5-7-11-27-15-17-28(18-16-27)13-9-10-14-30-21-25-32(26-22-30)31-23-19-29(20-24-31)12-8-6-4-2/h9,13,19-20,23-24,27-28,30,32H,3-8,11-12,15-18,21-22,25-26H2,1-2H3/b13-9+/t27-,28-,30-,32-. The van der Waals surface area contributed by atoms with Crippen LogP contribution >= 0.6 is 0 Å². The van der Waals surface area contributed by atoms with Gasteiger partial charge in [-0.3, -0.25) is 0 Å². The Morgan fingerprint density at radius 1 is 0.781 bits per heavy atom. The lowest BCUT2D eigenvalue weighted by Gasteiger charge is -2.26. The summed E-state index contributed by atoms with van der Waals surface area (Å²) in [6, 6.07) is 9.55. The molecule has 0 saturated heterocycles. The van der Waals surface area contributed by atoms with E-state index in [4.69, 9.17) is 0 Å². The first-order chi connectivity index (χ1) is 15.8. The molecular formula is C32H48. The summed E-state index contributed by atoms with van der Waals surface area (Å²) in [6.45, 7) is 4.59. The van der Waals surface area contributed by atoms with E-state index in [1.165, 1.54) is 108 Å². The third-order valence-corrected chi connectivity index (χ3v) is 8.09. The van der Waals surface area contributed by atoms with Gasteiger partial charge in [-0.15, -0.1) is 0 Å². The zero-order chi connectivity index (χ0) is 22.4. The fourth-order valence-corrected chi connectivity index (χ4v) is 5.81. The summed E-state index contributed by atoms with van der Waals surface area (Å²) >= 11 is 0. The van der Waals surface area contributed by atoms with E-state index in [0.29, 0.717) is 5.92 Å². The Hall–Kier alpha value is -1.48. The molecular weight excluding hydrogens is 384 g/mol. The molecule has 0 amide bonds. The third-order valence-electron chi connectivity index (χ3n) is 8.09. The highest BCUT2D eigenvalue weighted by Gasteiger charge is 2.21. The van der Waals surface area contributed by atoms with Crippen molar-refractivity contribution in [1.82, 2.24) is 0 Å². The van der Waals surface area contributed by atoms with Crippen molar-refractivity contribution in [2.75, 3.05) is 0 Å². The first kappa shape index (κ1) is 25.1. The highest BCUT2D eigenvalue weighted by Crippen LogP contribution is 2.36. The van der Waals surface area contributed by atoms with E-state index >= 15 is 0 Å². The zero-order valence-electron chi connectivity index (χ0n) is 21.1. The predicted octanol–water partition coefficient (Wildman–Crippen LogP) is 9.64. The quantitative estimate of drug-likeness (QED) is 0.255. The molecule has 2 fully saturated rings. The summed E-state index contributed by atoms with van der Waals surface area (Å²) in [5.74, 6) is 10.1. The minimum atomic E-state index is 0.610. The Morgan fingerprint density at radius 3 is 2.16 bits per heavy atom. The molecule has 0 bridgehead atoms. The highest BCUT2D eigenvalue weighted by molar-refractivity contribution is 5.26. The van der Waals surface area contributed by atoms with Crippen LogP contribution in [0.3, 0.4) is 0 Å². The van der Waals surface area contributed by atoms with Gasteiger partial charge in [-0.2, -0.15) is 0 Å². The maximum Gasteiger partial charge on any atom is 0.0206 e. The fraction of sp³-hybridized carbons (Fsp3) is 0.688. The topological polar surface area (TPSA) is 0 Å². The first-order valence-corrected chi connectivity index (χ1v) is 14.0. The van der Waals surface area contributed by atoms with Crippen molar-refractivity contribution in [3.8, 4) is 11.8 Å². The van der Waals surface area contributed by atoms with Crippen molar-refractivity contribution in [3.63, 3.8) is 0 Å². The van der Waals surface area contributed by atoms with Gasteiger partial charge in [0.1, 0.15) is 0 Å². The van der Waals surface area contributed by atoms with E-state index in [1.807, 2.05) is 0 Å². The highest BCUT2D eigenvalue weighted by atomic mass is 14.3. The van der Waals surface area contributed by atoms with Crippen LogP contribution in [0.1, 0.15) is 127 Å². The molecule has 2 aliphatic carbocycles. The van der Waals surface area contributed by atoms with Crippen LogP contribution in [0.2, 0.25) is 0 Å². The van der Waals surface area contributed by atoms with Gasteiger partial charge in [-0.25, -0.2) is 0 Å². The average Bonchev–Trinajstić information content (AvgIpc) is 2.84. The monoisotopic (exact) mass is 432 g/mol. The smallest absolute Gasteiger partial charge is 0.0206 e. The minimum absolute atomic E-state index is 0.610. The van der Waals surface area contributed by atoms with Crippen LogP contribution in [0, 0.1) is 29.6 Å². The molecule has 1 aromatic rings. The normalized spacial score (nSPS) is 26.1. The molecule has 0 aliphatic heterocycles. The molecule has 0 nitrogen and oxygen atoms in total. The number of allylic oxidation sites excluding steroid dienone is 2. The molecule has 0 aromatic heterocycles. The molecule has 32 heavy (non-hydrogen) atoms. The van der Waals surface area contributed by atoms with Crippen molar-refractivity contribution < 1.29 is 0 Å². The number of hydrogen-bond acceptors (Lipinski definition) is 0. The van der Waals surface area contributed by atoms with E-state index in [0.717, 1.165) is 17.8 Å². The van der Waals surface area contributed by atoms with Crippen molar-refractivity contribution >= 4 is 0 Å². The third kappa shape index (κ3) is 8.81. The van der Waals surface area contributed by atoms with Crippen LogP contribution in [0.4, 0.5) is 0 Å². The molecule has 1 aromatic carbocycles. The molecule has 2 aliphatic rings. The van der Waals surface area contributed by atoms with Gasteiger partial charge in [0.25, 0.3) is 0 Å². The molecule has 0 spiro atoms. The van der Waals surface area contributed by atoms with Crippen LogP contribution in [0.5, 0.6) is 0 Å². The summed E-state index contributed by atoms with van der Waals surface area (Å²) in [7, 11) is 0. The van der Waals surface area contributed by atoms with Crippen molar-refractivity contribution in [3.05, 3.63) is 47.5 Å². The van der Waals surface area contributed by atoms with Crippen LogP contribution in [-0.4, -0.2) is 0 Å². The molecule has 0 heterocycles. The van der Waals surface area contributed by atoms with Gasteiger partial charge < -0.3 is 0 Å². The summed E-state index contributed by atoms with van der Waals surface area (Å²) in [5, 5.41) is 0. The van der Waals surface area contributed by atoms with Crippen molar-refractivity contribution in [2.45, 2.75) is 122 Å². The second-order valence-corrected chi connectivity index (χ2v) is 10.7. The van der Waals surface area contributed by atoms with E-state index in [9.17, 15) is 0 Å². The molecule has 0 N–H and O–H groups in total. The van der Waals surface area contributed by atoms with Crippen molar-refractivity contribution in [2.24, 2.45) is 17.8 Å². The lowest BCUT2D eigenvalue weighted by atomic mass is 9.78. The van der Waals surface area contributed by atoms with Gasteiger partial charge >= 0.3 is 0 Å². The van der Waals surface area contributed by atoms with Gasteiger partial charge in [-0.1, -0.05) is 94.6 Å². The van der Waals surface area contributed by atoms with E-state index < -0.39 is 0 Å². The average molecular weight is 433 g/mol. The van der Waals surface area contributed by atoms with Crippen LogP contribution < -0.4 is 0 Å². The number of benzene rings is 1. The molecule has 2 saturated carbocycles. The Kier molecular flexibility index (Phi) is 11.5. The molecule has 0 heteroatoms. The van der Waals surface area contributed by atoms with Crippen LogP contribution in [-0.2, 0) is 6.42 Å². The number of rotatable bonds is 10. The predicted molar refractivity (Wildman–Crippen MR) is 141 cm³/mol. The van der Waals surface area contributed by atoms with Gasteiger partial charge in [0.05, 0.1) is 0 Å². The van der Waals surface area contributed by atoms with Gasteiger partial charge in [-0.05, 0) is 99.2 Å². The number of hydrogen-bond donors (Lipinski definition) is 0. The lowest BCUT2D eigenvalue weighted by molar-refractivity contribution is 0.289. The second kappa shape index (κ2) is 14.6. The van der Waals surface area contributed by atoms with Crippen LogP contribution in [0.25, 0.3) is 0 Å². The molecule has 3 rings (SSSR count). The molecule has 0 unspecified atom stereocenters. The minimum Gasteiger partial charge on any atom is -0.0951 e. The second-order valence-electron chi connectivity index (χ2n) is 10.7. The SMILES string of the molecule is CCCCCc1ccc([C@H]2CC[C@H](C#C/C=C/[C@H]3CC[C@H](CCCCC)CC3)CC2)cc1. The summed E-state index contributed by atoms with van der Waals surface area (Å²) < 4.78 is 0. The number of aryl methyl sites for hydroxylation is 1. The Labute approximate surface area is 199 Å². The van der Waals surface area contributed by atoms with E-state index in [1.54, 1.807) is 5.56 Å². The van der Waals surface area contributed by atoms with E-state index in [2.05, 4.69) is 62.1 Å². The largest absolute Gasteiger partial charge is 0.0951 e. The van der Waals surface area contributed by atoms with E-state index in [-0.39, 0.29) is 0 Å². The van der Waals surface area contributed by atoms with Gasteiger partial charge in [0.15, 0.2) is 0 Å². The first-order valence-electron chi connectivity index (χ1n) is 14.0. The summed E-state index contributed by atoms with van der Waals surface area (Å²) in [6.07, 6.45) is 26.3. The Bertz CT molecular complexity index is 697. The van der Waals surface area contributed by atoms with Crippen LogP contribution in [0.15, 0.2) is 36.4 Å². The Balaban J connectivity index is 1.33. The maximum atomic E-state index is 3.58. The number of unbranched alkanes of at least 4 members (excludes halogenated alkanes) is 4. The van der Waals surface area contributed by atoms with Gasteiger partial charge in [0.2, 0.25) is 0 Å². The zero-order valence-corrected chi connectivity index (χ0v) is 21.1. The fourth-order valence-electron chi connectivity index (χ4n) is 5.81. The lowest BCUT2D eigenvalue weighted by Crippen LogP contribution is -2.13. The maximum absolute atomic E-state index is 3.58. The van der Waals surface area contributed by atoms with Crippen molar-refractivity contribution in [1.29, 1.82) is 0 Å². The summed E-state index contributed by atoms with van der Waals surface area (Å²) in [5.41, 5.74) is 3.07. The van der Waals surface area contributed by atoms with Gasteiger partial charge in [0, 0.05) is 5.92 Å². The molecule has 0 radical (unpaired) electrons.